The summed E-state index contributed by atoms with van der Waals surface area (Å²) in [6, 6.07) is 3.55. The normalized spacial score (nSPS) is 11.3. The summed E-state index contributed by atoms with van der Waals surface area (Å²) < 4.78 is 0. The Balaban J connectivity index is 2.83. The molecule has 0 unspecified atom stereocenters. The first-order chi connectivity index (χ1) is 7.74. The standard InChI is InChI=1S/C12H18ClN3O/c1-7-4-9(14)8(13)5-10(7)16-6-12(2,3)11(15)17/h4-5,16H,6,14H2,1-3H3,(H2,15,17). The highest BCUT2D eigenvalue weighted by molar-refractivity contribution is 6.33. The zero-order chi connectivity index (χ0) is 13.2. The van der Waals surface area contributed by atoms with E-state index in [2.05, 4.69) is 5.32 Å². The number of hydrogen-bond donors (Lipinski definition) is 3. The van der Waals surface area contributed by atoms with Gasteiger partial charge in [-0.25, -0.2) is 0 Å². The molecule has 0 saturated heterocycles. The van der Waals surface area contributed by atoms with E-state index in [-0.39, 0.29) is 5.91 Å². The Bertz CT molecular complexity index is 444. The van der Waals surface area contributed by atoms with Crippen LogP contribution in [-0.4, -0.2) is 12.5 Å². The molecule has 1 rings (SSSR count). The molecular weight excluding hydrogens is 238 g/mol. The number of nitrogens with two attached hydrogens (primary N) is 2. The van der Waals surface area contributed by atoms with Crippen LogP contribution in [0, 0.1) is 12.3 Å². The van der Waals surface area contributed by atoms with Crippen LogP contribution in [0.25, 0.3) is 0 Å². The van der Waals surface area contributed by atoms with Gasteiger partial charge in [0.2, 0.25) is 5.91 Å². The highest BCUT2D eigenvalue weighted by atomic mass is 35.5. The van der Waals surface area contributed by atoms with Crippen LogP contribution in [0.5, 0.6) is 0 Å². The number of rotatable bonds is 4. The second-order valence-corrected chi connectivity index (χ2v) is 5.20. The number of anilines is 2. The van der Waals surface area contributed by atoms with E-state index in [0.29, 0.717) is 17.3 Å². The van der Waals surface area contributed by atoms with Gasteiger partial charge in [-0.15, -0.1) is 0 Å². The van der Waals surface area contributed by atoms with E-state index in [1.807, 2.05) is 6.92 Å². The van der Waals surface area contributed by atoms with Crippen molar-refractivity contribution in [2.24, 2.45) is 11.1 Å². The molecule has 0 bridgehead atoms. The van der Waals surface area contributed by atoms with Crippen LogP contribution in [0.2, 0.25) is 5.02 Å². The molecule has 0 spiro atoms. The predicted octanol–water partition coefficient (Wildman–Crippen LogP) is 2.15. The Labute approximate surface area is 106 Å². The maximum Gasteiger partial charge on any atom is 0.224 e. The number of halogens is 1. The lowest BCUT2D eigenvalue weighted by atomic mass is 9.92. The first-order valence-electron chi connectivity index (χ1n) is 5.33. The Morgan fingerprint density at radius 2 is 2.06 bits per heavy atom. The quantitative estimate of drug-likeness (QED) is 0.721. The van der Waals surface area contributed by atoms with Crippen molar-refractivity contribution in [1.29, 1.82) is 0 Å². The van der Waals surface area contributed by atoms with Crippen molar-refractivity contribution in [3.63, 3.8) is 0 Å². The lowest BCUT2D eigenvalue weighted by Gasteiger charge is -2.22. The average Bonchev–Trinajstić information content (AvgIpc) is 2.21. The number of nitrogens with one attached hydrogen (secondary N) is 1. The summed E-state index contributed by atoms with van der Waals surface area (Å²) in [7, 11) is 0. The number of carbonyl (C=O) groups excluding carboxylic acids is 1. The zero-order valence-corrected chi connectivity index (χ0v) is 11.1. The summed E-state index contributed by atoms with van der Waals surface area (Å²) in [6.45, 7) is 5.95. The molecule has 94 valence electrons. The molecule has 0 heterocycles. The van der Waals surface area contributed by atoms with Crippen molar-refractivity contribution in [1.82, 2.24) is 0 Å². The molecule has 17 heavy (non-hydrogen) atoms. The summed E-state index contributed by atoms with van der Waals surface area (Å²) in [5.41, 5.74) is 12.8. The molecule has 4 nitrogen and oxygen atoms in total. The minimum absolute atomic E-state index is 0.343. The molecule has 0 fully saturated rings. The van der Waals surface area contributed by atoms with Crippen molar-refractivity contribution < 1.29 is 4.79 Å². The Kier molecular flexibility index (Phi) is 3.88. The van der Waals surface area contributed by atoms with Gasteiger partial charge in [0.05, 0.1) is 16.1 Å². The maximum atomic E-state index is 11.2. The molecule has 1 aromatic rings. The lowest BCUT2D eigenvalue weighted by Crippen LogP contribution is -2.37. The molecular formula is C12H18ClN3O. The van der Waals surface area contributed by atoms with Gasteiger partial charge in [-0.2, -0.15) is 0 Å². The number of carbonyl (C=O) groups is 1. The zero-order valence-electron chi connectivity index (χ0n) is 10.3. The van der Waals surface area contributed by atoms with Gasteiger partial charge in [0.1, 0.15) is 0 Å². The summed E-state index contributed by atoms with van der Waals surface area (Å²) >= 11 is 5.94. The van der Waals surface area contributed by atoms with Gasteiger partial charge in [-0.3, -0.25) is 4.79 Å². The van der Waals surface area contributed by atoms with Crippen molar-refractivity contribution in [2.75, 3.05) is 17.6 Å². The summed E-state index contributed by atoms with van der Waals surface area (Å²) in [5.74, 6) is -0.343. The number of hydrogen-bond acceptors (Lipinski definition) is 3. The summed E-state index contributed by atoms with van der Waals surface area (Å²) in [4.78, 5) is 11.2. The van der Waals surface area contributed by atoms with Crippen molar-refractivity contribution in [3.05, 3.63) is 22.7 Å². The minimum Gasteiger partial charge on any atom is -0.398 e. The average molecular weight is 256 g/mol. The highest BCUT2D eigenvalue weighted by Gasteiger charge is 2.24. The molecule has 1 amide bonds. The molecule has 5 heteroatoms. The SMILES string of the molecule is Cc1cc(N)c(Cl)cc1NCC(C)(C)C(N)=O. The van der Waals surface area contributed by atoms with Gasteiger partial charge in [0.25, 0.3) is 0 Å². The van der Waals surface area contributed by atoms with Crippen LogP contribution >= 0.6 is 11.6 Å². The van der Waals surface area contributed by atoms with Crippen molar-refractivity contribution in [3.8, 4) is 0 Å². The highest BCUT2D eigenvalue weighted by Crippen LogP contribution is 2.27. The molecule has 0 aromatic heterocycles. The van der Waals surface area contributed by atoms with E-state index >= 15 is 0 Å². The minimum atomic E-state index is -0.611. The van der Waals surface area contributed by atoms with Crippen molar-refractivity contribution in [2.45, 2.75) is 20.8 Å². The van der Waals surface area contributed by atoms with E-state index < -0.39 is 5.41 Å². The third-order valence-electron chi connectivity index (χ3n) is 2.73. The molecule has 0 aliphatic rings. The van der Waals surface area contributed by atoms with E-state index in [9.17, 15) is 4.79 Å². The molecule has 0 saturated carbocycles. The fourth-order valence-corrected chi connectivity index (χ4v) is 1.46. The third-order valence-corrected chi connectivity index (χ3v) is 3.06. The smallest absolute Gasteiger partial charge is 0.224 e. The Morgan fingerprint density at radius 1 is 1.47 bits per heavy atom. The van der Waals surface area contributed by atoms with Gasteiger partial charge in [0, 0.05) is 12.2 Å². The Morgan fingerprint density at radius 3 is 2.59 bits per heavy atom. The fraction of sp³-hybridized carbons (Fsp3) is 0.417. The van der Waals surface area contributed by atoms with Gasteiger partial charge in [-0.1, -0.05) is 11.6 Å². The van der Waals surface area contributed by atoms with Crippen LogP contribution in [-0.2, 0) is 4.79 Å². The van der Waals surface area contributed by atoms with Crippen molar-refractivity contribution >= 4 is 28.9 Å². The predicted molar refractivity (Wildman–Crippen MR) is 72.1 cm³/mol. The number of benzene rings is 1. The number of nitrogen functional groups attached to an aromatic ring is 1. The number of aryl methyl sites for hydroxylation is 1. The molecule has 1 aromatic carbocycles. The second kappa shape index (κ2) is 4.84. The first-order valence-corrected chi connectivity index (χ1v) is 5.71. The number of primary amides is 1. The van der Waals surface area contributed by atoms with Gasteiger partial charge >= 0.3 is 0 Å². The van der Waals surface area contributed by atoms with Gasteiger partial charge in [-0.05, 0) is 38.5 Å². The van der Waals surface area contributed by atoms with Crippen LogP contribution in [0.4, 0.5) is 11.4 Å². The molecule has 0 aliphatic carbocycles. The second-order valence-electron chi connectivity index (χ2n) is 4.79. The fourth-order valence-electron chi connectivity index (χ4n) is 1.30. The van der Waals surface area contributed by atoms with E-state index in [0.717, 1.165) is 11.3 Å². The topological polar surface area (TPSA) is 81.1 Å². The number of amides is 1. The monoisotopic (exact) mass is 255 g/mol. The van der Waals surface area contributed by atoms with Crippen LogP contribution < -0.4 is 16.8 Å². The molecule has 0 aliphatic heterocycles. The van der Waals surface area contributed by atoms with Crippen LogP contribution in [0.15, 0.2) is 12.1 Å². The van der Waals surface area contributed by atoms with Crippen LogP contribution in [0.1, 0.15) is 19.4 Å². The Hall–Kier alpha value is -1.42. The lowest BCUT2D eigenvalue weighted by molar-refractivity contribution is -0.125. The van der Waals surface area contributed by atoms with E-state index in [4.69, 9.17) is 23.1 Å². The van der Waals surface area contributed by atoms with Crippen LogP contribution in [0.3, 0.4) is 0 Å². The van der Waals surface area contributed by atoms with E-state index in [1.54, 1.807) is 26.0 Å². The van der Waals surface area contributed by atoms with Gasteiger partial charge < -0.3 is 16.8 Å². The third kappa shape index (κ3) is 3.27. The van der Waals surface area contributed by atoms with E-state index in [1.165, 1.54) is 0 Å². The summed E-state index contributed by atoms with van der Waals surface area (Å²) in [6.07, 6.45) is 0. The first kappa shape index (κ1) is 13.6. The molecule has 5 N–H and O–H groups in total. The molecule has 0 radical (unpaired) electrons. The summed E-state index contributed by atoms with van der Waals surface area (Å²) in [5, 5.41) is 3.66. The maximum absolute atomic E-state index is 11.2. The molecule has 0 atom stereocenters. The van der Waals surface area contributed by atoms with Gasteiger partial charge in [0.15, 0.2) is 0 Å². The largest absolute Gasteiger partial charge is 0.398 e.